The highest BCUT2D eigenvalue weighted by Crippen LogP contribution is 2.22. The number of hydrogen-bond donors (Lipinski definition) is 0. The molecule has 0 fully saturated rings. The number of hydrogen-bond acceptors (Lipinski definition) is 3. The smallest absolute Gasteiger partial charge is 0.271 e. The average molecular weight is 349 g/mol. The second-order valence-corrected chi connectivity index (χ2v) is 6.59. The molecule has 0 N–H and O–H groups in total. The summed E-state index contributed by atoms with van der Waals surface area (Å²) in [6.45, 7) is 0.492. The first-order valence-electron chi connectivity index (χ1n) is 6.48. The quantitative estimate of drug-likeness (QED) is 0.670. The Labute approximate surface area is 141 Å². The Morgan fingerprint density at radius 2 is 2.14 bits per heavy atom. The number of benzene rings is 1. The molecule has 3 nitrogen and oxygen atoms in total. The topological polar surface area (TPSA) is 34.9 Å². The Morgan fingerprint density at radius 3 is 2.86 bits per heavy atom. The van der Waals surface area contributed by atoms with Gasteiger partial charge in [-0.15, -0.1) is 17.8 Å². The molecule has 22 heavy (non-hydrogen) atoms. The molecule has 0 saturated carbocycles. The third-order valence-corrected chi connectivity index (χ3v) is 4.91. The van der Waals surface area contributed by atoms with Crippen molar-refractivity contribution in [2.24, 2.45) is 0 Å². The molecule has 6 heteroatoms. The van der Waals surface area contributed by atoms with Crippen LogP contribution in [0.2, 0.25) is 10.0 Å². The van der Waals surface area contributed by atoms with Gasteiger partial charge in [0.2, 0.25) is 0 Å². The van der Waals surface area contributed by atoms with E-state index in [0.29, 0.717) is 38.1 Å². The van der Waals surface area contributed by atoms with E-state index in [4.69, 9.17) is 29.6 Å². The lowest BCUT2D eigenvalue weighted by atomic mass is 10.1. The van der Waals surface area contributed by atoms with Crippen molar-refractivity contribution in [2.45, 2.75) is 13.0 Å². The molecule has 0 radical (unpaired) electrons. The van der Waals surface area contributed by atoms with E-state index in [1.165, 1.54) is 11.3 Å². The maximum atomic E-state index is 12.4. The lowest BCUT2D eigenvalue weighted by molar-refractivity contribution is 0.663. The molecular formula is C16H10Cl2N2OS. The summed E-state index contributed by atoms with van der Waals surface area (Å²) >= 11 is 13.3. The molecule has 110 valence electrons. The maximum Gasteiger partial charge on any atom is 0.271 e. The molecule has 3 aromatic rings. The molecule has 0 unspecified atom stereocenters. The van der Waals surface area contributed by atoms with Gasteiger partial charge in [0.05, 0.1) is 16.7 Å². The number of thiophene rings is 1. The Balaban J connectivity index is 1.89. The van der Waals surface area contributed by atoms with Crippen LogP contribution in [0.1, 0.15) is 10.4 Å². The summed E-state index contributed by atoms with van der Waals surface area (Å²) in [4.78, 5) is 17.4. The molecular weight excluding hydrogens is 339 g/mol. The van der Waals surface area contributed by atoms with Gasteiger partial charge in [0.25, 0.3) is 5.56 Å². The van der Waals surface area contributed by atoms with Gasteiger partial charge in [0, 0.05) is 16.6 Å². The Morgan fingerprint density at radius 1 is 1.32 bits per heavy atom. The minimum atomic E-state index is -0.0819. The molecule has 0 aliphatic rings. The van der Waals surface area contributed by atoms with Crippen molar-refractivity contribution < 1.29 is 0 Å². The van der Waals surface area contributed by atoms with Crippen molar-refractivity contribution in [2.75, 3.05) is 0 Å². The lowest BCUT2D eigenvalue weighted by Crippen LogP contribution is -2.20. The Hall–Kier alpha value is -1.80. The molecule has 0 amide bonds. The molecule has 3 rings (SSSR count). The number of rotatable bonds is 3. The number of halogens is 2. The molecule has 2 aromatic heterocycles. The van der Waals surface area contributed by atoms with Crippen molar-refractivity contribution in [1.29, 1.82) is 0 Å². The van der Waals surface area contributed by atoms with Gasteiger partial charge < -0.3 is 0 Å². The van der Waals surface area contributed by atoms with Crippen molar-refractivity contribution in [3.63, 3.8) is 0 Å². The van der Waals surface area contributed by atoms with Crippen molar-refractivity contribution >= 4 is 44.8 Å². The normalized spacial score (nSPS) is 10.8. The number of aromatic nitrogens is 2. The SMILES string of the molecule is C#Cc1cc2ncn(CCc3ccc(Cl)cc3Cl)c(=O)c2s1. The van der Waals surface area contributed by atoms with Crippen molar-refractivity contribution in [1.82, 2.24) is 9.55 Å². The van der Waals surface area contributed by atoms with Crippen LogP contribution in [0, 0.1) is 12.3 Å². The van der Waals surface area contributed by atoms with E-state index in [1.807, 2.05) is 6.07 Å². The average Bonchev–Trinajstić information content (AvgIpc) is 2.92. The van der Waals surface area contributed by atoms with Crippen molar-refractivity contribution in [3.8, 4) is 12.3 Å². The Bertz CT molecular complexity index is 953. The standard InChI is InChI=1S/C16H10Cl2N2OS/c1-2-12-8-14-15(22-12)16(21)20(9-19-14)6-5-10-3-4-11(17)7-13(10)18/h1,3-4,7-9H,5-6H2. The highest BCUT2D eigenvalue weighted by Gasteiger charge is 2.09. The summed E-state index contributed by atoms with van der Waals surface area (Å²) in [5.74, 6) is 2.53. The molecule has 0 spiro atoms. The summed E-state index contributed by atoms with van der Waals surface area (Å²) in [5, 5.41) is 1.19. The van der Waals surface area contributed by atoms with Crippen LogP contribution in [-0.2, 0) is 13.0 Å². The van der Waals surface area contributed by atoms with E-state index >= 15 is 0 Å². The van der Waals surface area contributed by atoms with Gasteiger partial charge in [-0.2, -0.15) is 0 Å². The van der Waals surface area contributed by atoms with Crippen LogP contribution >= 0.6 is 34.5 Å². The fourth-order valence-corrected chi connectivity index (χ4v) is 3.51. The largest absolute Gasteiger partial charge is 0.298 e. The molecule has 1 aromatic carbocycles. The fourth-order valence-electron chi connectivity index (χ4n) is 2.14. The van der Waals surface area contributed by atoms with Gasteiger partial charge in [-0.1, -0.05) is 35.2 Å². The van der Waals surface area contributed by atoms with Gasteiger partial charge in [-0.05, 0) is 30.2 Å². The zero-order valence-electron chi connectivity index (χ0n) is 11.3. The lowest BCUT2D eigenvalue weighted by Gasteiger charge is -2.07. The predicted octanol–water partition coefficient (Wildman–Crippen LogP) is 3.99. The maximum absolute atomic E-state index is 12.4. The molecule has 2 heterocycles. The van der Waals surface area contributed by atoms with Gasteiger partial charge in [-0.25, -0.2) is 4.98 Å². The third kappa shape index (κ3) is 2.89. The van der Waals surface area contributed by atoms with Crippen molar-refractivity contribution in [3.05, 3.63) is 61.4 Å². The molecule has 0 aliphatic carbocycles. The number of fused-ring (bicyclic) bond motifs is 1. The van der Waals surface area contributed by atoms with E-state index < -0.39 is 0 Å². The van der Waals surface area contributed by atoms with Crippen LogP contribution < -0.4 is 5.56 Å². The van der Waals surface area contributed by atoms with Gasteiger partial charge in [0.15, 0.2) is 0 Å². The van der Waals surface area contributed by atoms with Crippen LogP contribution in [0.5, 0.6) is 0 Å². The first-order valence-corrected chi connectivity index (χ1v) is 8.05. The molecule has 0 atom stereocenters. The van der Waals surface area contributed by atoms with Crippen LogP contribution in [-0.4, -0.2) is 9.55 Å². The van der Waals surface area contributed by atoms with E-state index in [9.17, 15) is 4.79 Å². The predicted molar refractivity (Wildman–Crippen MR) is 92.0 cm³/mol. The van der Waals surface area contributed by atoms with E-state index in [0.717, 1.165) is 5.56 Å². The number of aryl methyl sites for hydroxylation is 2. The Kier molecular flexibility index (Phi) is 4.21. The third-order valence-electron chi connectivity index (χ3n) is 3.28. The first kappa shape index (κ1) is 15.1. The monoisotopic (exact) mass is 348 g/mol. The second kappa shape index (κ2) is 6.13. The summed E-state index contributed by atoms with van der Waals surface area (Å²) < 4.78 is 2.15. The highest BCUT2D eigenvalue weighted by molar-refractivity contribution is 7.19. The van der Waals surface area contributed by atoms with Gasteiger partial charge in [0.1, 0.15) is 4.70 Å². The zero-order valence-corrected chi connectivity index (χ0v) is 13.7. The van der Waals surface area contributed by atoms with E-state index in [1.54, 1.807) is 29.1 Å². The number of terminal acetylenes is 1. The van der Waals surface area contributed by atoms with Crippen LogP contribution in [0.3, 0.4) is 0 Å². The van der Waals surface area contributed by atoms with E-state index in [2.05, 4.69) is 10.9 Å². The summed E-state index contributed by atoms with van der Waals surface area (Å²) in [6, 6.07) is 7.09. The summed E-state index contributed by atoms with van der Waals surface area (Å²) in [6.07, 6.45) is 7.53. The van der Waals surface area contributed by atoms with Crippen LogP contribution in [0.25, 0.3) is 10.2 Å². The zero-order chi connectivity index (χ0) is 15.7. The summed E-state index contributed by atoms with van der Waals surface area (Å²) in [5.41, 5.74) is 1.50. The first-order chi connectivity index (χ1) is 10.6. The second-order valence-electron chi connectivity index (χ2n) is 4.70. The molecule has 0 aliphatic heterocycles. The van der Waals surface area contributed by atoms with Crippen LogP contribution in [0.15, 0.2) is 35.4 Å². The summed E-state index contributed by atoms with van der Waals surface area (Å²) in [7, 11) is 0. The highest BCUT2D eigenvalue weighted by atomic mass is 35.5. The molecule has 0 saturated heterocycles. The van der Waals surface area contributed by atoms with Gasteiger partial charge in [-0.3, -0.25) is 9.36 Å². The fraction of sp³-hybridized carbons (Fsp3) is 0.125. The minimum Gasteiger partial charge on any atom is -0.298 e. The minimum absolute atomic E-state index is 0.0819. The van der Waals surface area contributed by atoms with Gasteiger partial charge >= 0.3 is 0 Å². The van der Waals surface area contributed by atoms with E-state index in [-0.39, 0.29) is 5.56 Å². The molecule has 0 bridgehead atoms. The number of nitrogens with zero attached hydrogens (tertiary/aromatic N) is 2. The van der Waals surface area contributed by atoms with Crippen LogP contribution in [0.4, 0.5) is 0 Å².